The fraction of sp³-hybridized carbons (Fsp3) is 0.273. The highest BCUT2D eigenvalue weighted by Gasteiger charge is 2.14. The number of fused-ring (bicyclic) bond motifs is 1. The highest BCUT2D eigenvalue weighted by Crippen LogP contribution is 2.34. The topological polar surface area (TPSA) is 54.5 Å². The molecule has 0 saturated carbocycles. The fourth-order valence-electron chi connectivity index (χ4n) is 3.23. The van der Waals surface area contributed by atoms with E-state index in [1.807, 2.05) is 51.0 Å². The number of nitrogens with one attached hydrogen (secondary N) is 1. The minimum absolute atomic E-state index is 0.0828. The first-order chi connectivity index (χ1) is 13.3. The average molecular weight is 381 g/mol. The first-order valence-electron chi connectivity index (χ1n) is 8.99. The van der Waals surface area contributed by atoms with Crippen molar-refractivity contribution in [2.45, 2.75) is 13.8 Å². The molecule has 0 unspecified atom stereocenters. The number of hydrogen-bond acceptors (Lipinski definition) is 4. The lowest BCUT2D eigenvalue weighted by Crippen LogP contribution is -2.27. The van der Waals surface area contributed by atoms with E-state index >= 15 is 0 Å². The number of hydrogen-bond donors (Lipinski definition) is 1. The predicted octanol–water partition coefficient (Wildman–Crippen LogP) is 4.17. The maximum atomic E-state index is 13.6. The minimum Gasteiger partial charge on any atom is -0.496 e. The molecule has 0 spiro atoms. The Morgan fingerprint density at radius 2 is 1.93 bits per heavy atom. The summed E-state index contributed by atoms with van der Waals surface area (Å²) < 4.78 is 18.9. The van der Waals surface area contributed by atoms with Gasteiger partial charge in [-0.1, -0.05) is 6.07 Å². The van der Waals surface area contributed by atoms with Gasteiger partial charge in [0.25, 0.3) is 0 Å². The summed E-state index contributed by atoms with van der Waals surface area (Å²) in [6.07, 6.45) is 0. The molecule has 0 aliphatic carbocycles. The smallest absolute Gasteiger partial charge is 0.238 e. The van der Waals surface area contributed by atoms with E-state index in [1.165, 1.54) is 19.2 Å². The molecule has 146 valence electrons. The number of pyridine rings is 1. The van der Waals surface area contributed by atoms with Gasteiger partial charge in [0.05, 0.1) is 24.9 Å². The summed E-state index contributed by atoms with van der Waals surface area (Å²) in [6.45, 7) is 4.25. The first-order valence-corrected chi connectivity index (χ1v) is 8.99. The number of ether oxygens (including phenoxy) is 1. The molecule has 1 amide bonds. The Hall–Kier alpha value is -2.99. The van der Waals surface area contributed by atoms with Gasteiger partial charge in [0.2, 0.25) is 5.91 Å². The molecule has 28 heavy (non-hydrogen) atoms. The monoisotopic (exact) mass is 381 g/mol. The second kappa shape index (κ2) is 7.94. The number of aryl methyl sites for hydroxylation is 2. The van der Waals surface area contributed by atoms with Gasteiger partial charge in [0.1, 0.15) is 11.6 Å². The molecule has 0 atom stereocenters. The molecule has 6 heteroatoms. The van der Waals surface area contributed by atoms with Gasteiger partial charge in [0, 0.05) is 22.7 Å². The first kappa shape index (κ1) is 19.8. The van der Waals surface area contributed by atoms with Crippen LogP contribution in [0.5, 0.6) is 5.75 Å². The number of methoxy groups -OCH3 is 1. The number of rotatable bonds is 5. The average Bonchev–Trinajstić information content (AvgIpc) is 2.63. The number of anilines is 1. The molecule has 0 aliphatic rings. The van der Waals surface area contributed by atoms with Crippen molar-refractivity contribution < 1.29 is 13.9 Å². The molecular formula is C22H24FN3O2. The molecule has 1 heterocycles. The SMILES string of the molecule is COc1cc(F)ccc1-c1cc(C)c2ccc(NC(=O)CN(C)C)c(C)c2n1. The number of benzene rings is 2. The van der Waals surface area contributed by atoms with Gasteiger partial charge in [-0.05, 0) is 63.3 Å². The standard InChI is InChI=1S/C22H24FN3O2/c1-13-10-19(17-7-6-15(23)11-20(17)28-5)25-22-14(2)18(9-8-16(13)22)24-21(27)12-26(3)4/h6-11H,12H2,1-5H3,(H,24,27). The van der Waals surface area contributed by atoms with Crippen LogP contribution in [-0.4, -0.2) is 43.5 Å². The lowest BCUT2D eigenvalue weighted by atomic mass is 10.0. The molecule has 0 radical (unpaired) electrons. The van der Waals surface area contributed by atoms with Gasteiger partial charge >= 0.3 is 0 Å². The van der Waals surface area contributed by atoms with Gasteiger partial charge in [-0.25, -0.2) is 9.37 Å². The Kier molecular flexibility index (Phi) is 5.61. The third-order valence-electron chi connectivity index (χ3n) is 4.61. The minimum atomic E-state index is -0.361. The summed E-state index contributed by atoms with van der Waals surface area (Å²) in [5, 5.41) is 3.95. The molecule has 0 fully saturated rings. The number of halogens is 1. The normalized spacial score (nSPS) is 11.1. The van der Waals surface area contributed by atoms with E-state index in [9.17, 15) is 9.18 Å². The van der Waals surface area contributed by atoms with E-state index in [4.69, 9.17) is 9.72 Å². The molecule has 2 aromatic carbocycles. The maximum Gasteiger partial charge on any atom is 0.238 e. The van der Waals surface area contributed by atoms with Crippen molar-refractivity contribution in [3.8, 4) is 17.0 Å². The van der Waals surface area contributed by atoms with E-state index in [0.29, 0.717) is 18.0 Å². The van der Waals surface area contributed by atoms with Gasteiger partial charge < -0.3 is 15.0 Å². The lowest BCUT2D eigenvalue weighted by molar-refractivity contribution is -0.116. The van der Waals surface area contributed by atoms with Crippen molar-refractivity contribution in [2.75, 3.05) is 33.1 Å². The van der Waals surface area contributed by atoms with Gasteiger partial charge in [0.15, 0.2) is 0 Å². The summed E-state index contributed by atoms with van der Waals surface area (Å²) in [6, 6.07) is 10.2. The van der Waals surface area contributed by atoms with Gasteiger partial charge in [-0.15, -0.1) is 0 Å². The molecule has 0 saturated heterocycles. The molecule has 0 bridgehead atoms. The quantitative estimate of drug-likeness (QED) is 0.721. The van der Waals surface area contributed by atoms with Crippen molar-refractivity contribution in [3.05, 3.63) is 53.3 Å². The Morgan fingerprint density at radius 1 is 1.18 bits per heavy atom. The molecule has 1 N–H and O–H groups in total. The summed E-state index contributed by atoms with van der Waals surface area (Å²) in [4.78, 5) is 18.8. The maximum absolute atomic E-state index is 13.6. The van der Waals surface area contributed by atoms with Crippen molar-refractivity contribution in [3.63, 3.8) is 0 Å². The fourth-order valence-corrected chi connectivity index (χ4v) is 3.23. The van der Waals surface area contributed by atoms with Crippen LogP contribution >= 0.6 is 0 Å². The number of carbonyl (C=O) groups excluding carboxylic acids is 1. The Labute approximate surface area is 164 Å². The Balaban J connectivity index is 2.11. The van der Waals surface area contributed by atoms with Crippen LogP contribution in [0.1, 0.15) is 11.1 Å². The molecule has 3 aromatic rings. The Bertz CT molecular complexity index is 1050. The summed E-state index contributed by atoms with van der Waals surface area (Å²) in [5.41, 5.74) is 4.87. The van der Waals surface area contributed by atoms with E-state index in [2.05, 4.69) is 5.32 Å². The number of nitrogens with zero attached hydrogens (tertiary/aromatic N) is 2. The second-order valence-electron chi connectivity index (χ2n) is 7.09. The van der Waals surface area contributed by atoms with E-state index in [-0.39, 0.29) is 11.7 Å². The zero-order chi connectivity index (χ0) is 20.4. The summed E-state index contributed by atoms with van der Waals surface area (Å²) in [7, 11) is 5.20. The van der Waals surface area contributed by atoms with Crippen LogP contribution in [0.15, 0.2) is 36.4 Å². The third kappa shape index (κ3) is 3.97. The number of carbonyl (C=O) groups is 1. The van der Waals surface area contributed by atoms with Crippen molar-refractivity contribution in [1.29, 1.82) is 0 Å². The van der Waals surface area contributed by atoms with Gasteiger partial charge in [-0.3, -0.25) is 4.79 Å². The summed E-state index contributed by atoms with van der Waals surface area (Å²) >= 11 is 0. The zero-order valence-electron chi connectivity index (χ0n) is 16.8. The molecule has 0 aliphatic heterocycles. The van der Waals surface area contributed by atoms with Crippen LogP contribution in [0.3, 0.4) is 0 Å². The predicted molar refractivity (Wildman–Crippen MR) is 110 cm³/mol. The van der Waals surface area contributed by atoms with Crippen LogP contribution in [0.25, 0.3) is 22.2 Å². The van der Waals surface area contributed by atoms with Crippen LogP contribution in [-0.2, 0) is 4.79 Å². The highest BCUT2D eigenvalue weighted by atomic mass is 19.1. The molecule has 3 rings (SSSR count). The van der Waals surface area contributed by atoms with E-state index in [1.54, 1.807) is 6.07 Å². The summed E-state index contributed by atoms with van der Waals surface area (Å²) in [5.74, 6) is -0.0138. The van der Waals surface area contributed by atoms with E-state index in [0.717, 1.165) is 33.3 Å². The third-order valence-corrected chi connectivity index (χ3v) is 4.61. The largest absolute Gasteiger partial charge is 0.496 e. The van der Waals surface area contributed by atoms with Crippen molar-refractivity contribution in [2.24, 2.45) is 0 Å². The molecular weight excluding hydrogens is 357 g/mol. The lowest BCUT2D eigenvalue weighted by Gasteiger charge is -2.15. The van der Waals surface area contributed by atoms with Crippen LogP contribution in [0, 0.1) is 19.7 Å². The van der Waals surface area contributed by atoms with Crippen LogP contribution in [0.2, 0.25) is 0 Å². The Morgan fingerprint density at radius 3 is 2.61 bits per heavy atom. The highest BCUT2D eigenvalue weighted by molar-refractivity contribution is 5.98. The molecule has 1 aromatic heterocycles. The molecule has 5 nitrogen and oxygen atoms in total. The van der Waals surface area contributed by atoms with Gasteiger partial charge in [-0.2, -0.15) is 0 Å². The number of likely N-dealkylation sites (N-methyl/N-ethyl adjacent to an activating group) is 1. The number of amides is 1. The second-order valence-corrected chi connectivity index (χ2v) is 7.09. The van der Waals surface area contributed by atoms with Crippen molar-refractivity contribution in [1.82, 2.24) is 9.88 Å². The zero-order valence-corrected chi connectivity index (χ0v) is 16.8. The number of aromatic nitrogens is 1. The van der Waals surface area contributed by atoms with Crippen LogP contribution in [0.4, 0.5) is 10.1 Å². The van der Waals surface area contributed by atoms with Crippen LogP contribution < -0.4 is 10.1 Å². The van der Waals surface area contributed by atoms with E-state index < -0.39 is 0 Å². The van der Waals surface area contributed by atoms with Crippen molar-refractivity contribution >= 4 is 22.5 Å².